The first-order chi connectivity index (χ1) is 10.9. The Morgan fingerprint density at radius 3 is 2.43 bits per heavy atom. The predicted octanol–water partition coefficient (Wildman–Crippen LogP) is 3.32. The van der Waals surface area contributed by atoms with Crippen LogP contribution in [0.2, 0.25) is 0 Å². The van der Waals surface area contributed by atoms with Crippen molar-refractivity contribution >= 4 is 16.5 Å². The van der Waals surface area contributed by atoms with Gasteiger partial charge in [-0.15, -0.1) is 11.3 Å². The normalized spacial score (nSPS) is 11.8. The van der Waals surface area contributed by atoms with Gasteiger partial charge in [-0.25, -0.2) is 9.97 Å². The molecule has 0 amide bonds. The summed E-state index contributed by atoms with van der Waals surface area (Å²) in [7, 11) is 0. The lowest BCUT2D eigenvalue weighted by atomic mass is 9.86. The number of thiazole rings is 1. The monoisotopic (exact) mass is 327 g/mol. The molecule has 3 aromatic rings. The molecule has 2 aromatic heterocycles. The van der Waals surface area contributed by atoms with E-state index in [0.29, 0.717) is 11.6 Å². The van der Waals surface area contributed by atoms with Gasteiger partial charge in [-0.1, -0.05) is 45.0 Å². The van der Waals surface area contributed by atoms with Crippen LogP contribution in [0.5, 0.6) is 0 Å². The van der Waals surface area contributed by atoms with E-state index < -0.39 is 0 Å². The molecular formula is C17H21N5S. The van der Waals surface area contributed by atoms with Crippen LogP contribution in [0.15, 0.2) is 29.6 Å². The Labute approximate surface area is 140 Å². The molecule has 1 aromatic carbocycles. The Morgan fingerprint density at radius 1 is 1.09 bits per heavy atom. The maximum absolute atomic E-state index is 5.64. The summed E-state index contributed by atoms with van der Waals surface area (Å²) in [6.45, 7) is 6.65. The molecule has 23 heavy (non-hydrogen) atoms. The van der Waals surface area contributed by atoms with Gasteiger partial charge in [0.1, 0.15) is 5.82 Å². The largest absolute Gasteiger partial charge is 0.375 e. The second kappa shape index (κ2) is 6.12. The second-order valence-corrected chi connectivity index (χ2v) is 7.57. The highest BCUT2D eigenvalue weighted by molar-refractivity contribution is 7.13. The van der Waals surface area contributed by atoms with Gasteiger partial charge in [0.15, 0.2) is 11.0 Å². The van der Waals surface area contributed by atoms with E-state index in [0.717, 1.165) is 23.8 Å². The van der Waals surface area contributed by atoms with Crippen molar-refractivity contribution in [3.63, 3.8) is 0 Å². The molecule has 0 bridgehead atoms. The van der Waals surface area contributed by atoms with Crippen molar-refractivity contribution in [1.29, 1.82) is 0 Å². The Bertz CT molecular complexity index is 780. The molecule has 0 atom stereocenters. The molecule has 0 aliphatic rings. The molecule has 0 fully saturated rings. The highest BCUT2D eigenvalue weighted by atomic mass is 32.1. The maximum atomic E-state index is 5.64. The first kappa shape index (κ1) is 15.7. The molecule has 2 heterocycles. The van der Waals surface area contributed by atoms with Crippen LogP contribution in [0.4, 0.5) is 5.13 Å². The summed E-state index contributed by atoms with van der Waals surface area (Å²) in [6.07, 6.45) is 1.35. The highest BCUT2D eigenvalue weighted by Gasteiger charge is 2.13. The average Bonchev–Trinajstić information content (AvgIpc) is 3.08. The van der Waals surface area contributed by atoms with E-state index in [-0.39, 0.29) is 5.41 Å². The van der Waals surface area contributed by atoms with Gasteiger partial charge in [0, 0.05) is 11.8 Å². The molecule has 120 valence electrons. The average molecular weight is 327 g/mol. The van der Waals surface area contributed by atoms with Crippen molar-refractivity contribution in [3.8, 4) is 0 Å². The Hall–Kier alpha value is -2.21. The van der Waals surface area contributed by atoms with E-state index in [4.69, 9.17) is 5.73 Å². The minimum Gasteiger partial charge on any atom is -0.375 e. The topological polar surface area (TPSA) is 80.5 Å². The number of hydrogen-bond donors (Lipinski definition) is 2. The summed E-state index contributed by atoms with van der Waals surface area (Å²) in [6, 6.07) is 8.68. The van der Waals surface area contributed by atoms with E-state index in [1.165, 1.54) is 22.5 Å². The molecule has 0 unspecified atom stereocenters. The number of nitrogens with zero attached hydrogens (tertiary/aromatic N) is 3. The first-order valence-electron chi connectivity index (χ1n) is 7.59. The van der Waals surface area contributed by atoms with E-state index in [1.807, 2.05) is 5.38 Å². The van der Waals surface area contributed by atoms with E-state index in [2.05, 4.69) is 65.2 Å². The lowest BCUT2D eigenvalue weighted by Gasteiger charge is -2.19. The molecular weight excluding hydrogens is 306 g/mol. The summed E-state index contributed by atoms with van der Waals surface area (Å²) in [5.41, 5.74) is 9.28. The first-order valence-corrected chi connectivity index (χ1v) is 8.47. The zero-order valence-corrected chi connectivity index (χ0v) is 14.4. The molecule has 0 saturated heterocycles. The third-order valence-electron chi connectivity index (χ3n) is 3.68. The van der Waals surface area contributed by atoms with Crippen LogP contribution in [-0.2, 0) is 18.3 Å². The van der Waals surface area contributed by atoms with Gasteiger partial charge in [0.2, 0.25) is 0 Å². The minimum atomic E-state index is 0.174. The van der Waals surface area contributed by atoms with Crippen molar-refractivity contribution in [2.45, 2.75) is 39.0 Å². The number of aromatic amines is 1. The van der Waals surface area contributed by atoms with Gasteiger partial charge in [-0.2, -0.15) is 5.10 Å². The highest BCUT2D eigenvalue weighted by Crippen LogP contribution is 2.22. The second-order valence-electron chi connectivity index (χ2n) is 6.68. The minimum absolute atomic E-state index is 0.174. The number of anilines is 1. The lowest BCUT2D eigenvalue weighted by molar-refractivity contribution is 0.590. The Kier molecular flexibility index (Phi) is 4.17. The van der Waals surface area contributed by atoms with Crippen LogP contribution < -0.4 is 5.73 Å². The van der Waals surface area contributed by atoms with Crippen LogP contribution in [-0.4, -0.2) is 20.2 Å². The Morgan fingerprint density at radius 2 is 1.83 bits per heavy atom. The van der Waals surface area contributed by atoms with Crippen molar-refractivity contribution in [2.24, 2.45) is 0 Å². The van der Waals surface area contributed by atoms with Crippen molar-refractivity contribution in [3.05, 3.63) is 58.1 Å². The van der Waals surface area contributed by atoms with E-state index in [9.17, 15) is 0 Å². The third kappa shape index (κ3) is 3.96. The van der Waals surface area contributed by atoms with Gasteiger partial charge in [-0.05, 0) is 16.5 Å². The van der Waals surface area contributed by atoms with Crippen molar-refractivity contribution in [2.75, 3.05) is 5.73 Å². The number of hydrogen-bond acceptors (Lipinski definition) is 5. The molecule has 6 heteroatoms. The number of rotatable bonds is 4. The molecule has 3 N–H and O–H groups in total. The Balaban J connectivity index is 1.67. The summed E-state index contributed by atoms with van der Waals surface area (Å²) >= 11 is 1.44. The summed E-state index contributed by atoms with van der Waals surface area (Å²) in [5, 5.41) is 9.79. The van der Waals surface area contributed by atoms with Crippen molar-refractivity contribution < 1.29 is 0 Å². The molecule has 5 nitrogen and oxygen atoms in total. The van der Waals surface area contributed by atoms with Crippen LogP contribution in [0.3, 0.4) is 0 Å². The number of benzene rings is 1. The van der Waals surface area contributed by atoms with Gasteiger partial charge in [0.05, 0.1) is 12.1 Å². The third-order valence-corrected chi connectivity index (χ3v) is 4.40. The van der Waals surface area contributed by atoms with Crippen LogP contribution in [0.1, 0.15) is 49.2 Å². The van der Waals surface area contributed by atoms with Crippen LogP contribution in [0.25, 0.3) is 0 Å². The zero-order valence-electron chi connectivity index (χ0n) is 13.6. The van der Waals surface area contributed by atoms with Crippen molar-refractivity contribution in [1.82, 2.24) is 20.2 Å². The predicted molar refractivity (Wildman–Crippen MR) is 93.7 cm³/mol. The molecule has 0 radical (unpaired) electrons. The fourth-order valence-electron chi connectivity index (χ4n) is 2.37. The summed E-state index contributed by atoms with van der Waals surface area (Å²) in [5.74, 6) is 1.61. The van der Waals surface area contributed by atoms with Crippen LogP contribution >= 0.6 is 11.3 Å². The number of nitrogen functional groups attached to an aromatic ring is 1. The van der Waals surface area contributed by atoms with Gasteiger partial charge in [-0.3, -0.25) is 5.10 Å². The number of nitrogens with one attached hydrogen (secondary N) is 1. The zero-order chi connectivity index (χ0) is 16.4. The number of nitrogens with two attached hydrogens (primary N) is 1. The van der Waals surface area contributed by atoms with Gasteiger partial charge >= 0.3 is 0 Å². The molecule has 3 rings (SSSR count). The SMILES string of the molecule is CC(C)(C)c1ccc(Cc2nc(Cc3csc(N)n3)n[nH]2)cc1. The molecule has 0 aliphatic heterocycles. The molecule has 0 spiro atoms. The molecule has 0 saturated carbocycles. The fraction of sp³-hybridized carbons (Fsp3) is 0.353. The van der Waals surface area contributed by atoms with Gasteiger partial charge < -0.3 is 5.73 Å². The maximum Gasteiger partial charge on any atom is 0.180 e. The van der Waals surface area contributed by atoms with Gasteiger partial charge in [0.25, 0.3) is 0 Å². The quantitative estimate of drug-likeness (QED) is 0.770. The molecule has 0 aliphatic carbocycles. The van der Waals surface area contributed by atoms with E-state index in [1.54, 1.807) is 0 Å². The van der Waals surface area contributed by atoms with Crippen LogP contribution in [0, 0.1) is 0 Å². The fourth-order valence-corrected chi connectivity index (χ4v) is 2.94. The summed E-state index contributed by atoms with van der Waals surface area (Å²) in [4.78, 5) is 8.77. The smallest absolute Gasteiger partial charge is 0.180 e. The number of H-pyrrole nitrogens is 1. The standard InChI is InChI=1S/C17H21N5S/c1-17(2,3)12-6-4-11(5-7-12)8-14-20-15(22-21-14)9-13-10-23-16(18)19-13/h4-7,10H,8-9H2,1-3H3,(H2,18,19)(H,20,21,22). The number of aromatic nitrogens is 4. The summed E-state index contributed by atoms with van der Waals surface area (Å²) < 4.78 is 0. The van der Waals surface area contributed by atoms with E-state index >= 15 is 0 Å². The lowest BCUT2D eigenvalue weighted by Crippen LogP contribution is -2.10.